The topological polar surface area (TPSA) is 36.4 Å². The summed E-state index contributed by atoms with van der Waals surface area (Å²) in [4.78, 5) is 4.03. The van der Waals surface area contributed by atoms with Crippen LogP contribution in [0.1, 0.15) is 12.5 Å². The Bertz CT molecular complexity index is 355. The minimum absolute atomic E-state index is 0. The number of nitrogens with zero attached hydrogens (tertiary/aromatic N) is 1. The SMILES string of the molecule is CCNC(=NC)NCCc1ccccc1F.I. The lowest BCUT2D eigenvalue weighted by Gasteiger charge is -2.10. The van der Waals surface area contributed by atoms with Crippen molar-refractivity contribution in [1.29, 1.82) is 0 Å². The quantitative estimate of drug-likeness (QED) is 0.496. The maximum atomic E-state index is 13.3. The number of hydrogen-bond acceptors (Lipinski definition) is 1. The van der Waals surface area contributed by atoms with E-state index in [1.54, 1.807) is 19.2 Å². The van der Waals surface area contributed by atoms with E-state index in [0.717, 1.165) is 18.1 Å². The third-order valence-electron chi connectivity index (χ3n) is 2.21. The highest BCUT2D eigenvalue weighted by atomic mass is 127. The minimum atomic E-state index is -0.150. The van der Waals surface area contributed by atoms with Gasteiger partial charge in [-0.25, -0.2) is 4.39 Å². The Morgan fingerprint density at radius 2 is 2.00 bits per heavy atom. The van der Waals surface area contributed by atoms with Gasteiger partial charge in [-0.3, -0.25) is 4.99 Å². The molecular weight excluding hydrogens is 332 g/mol. The molecule has 0 unspecified atom stereocenters. The van der Waals surface area contributed by atoms with Crippen molar-refractivity contribution in [3.8, 4) is 0 Å². The summed E-state index contributed by atoms with van der Waals surface area (Å²) in [6.07, 6.45) is 0.650. The van der Waals surface area contributed by atoms with Crippen molar-refractivity contribution >= 4 is 29.9 Å². The van der Waals surface area contributed by atoms with Crippen LogP contribution in [0.5, 0.6) is 0 Å². The zero-order valence-corrected chi connectivity index (χ0v) is 12.5. The molecule has 0 saturated heterocycles. The van der Waals surface area contributed by atoms with Crippen molar-refractivity contribution in [1.82, 2.24) is 10.6 Å². The first-order valence-electron chi connectivity index (χ1n) is 5.45. The Balaban J connectivity index is 0.00000256. The van der Waals surface area contributed by atoms with Crippen LogP contribution in [0, 0.1) is 5.82 Å². The van der Waals surface area contributed by atoms with Gasteiger partial charge < -0.3 is 10.6 Å². The van der Waals surface area contributed by atoms with Gasteiger partial charge in [0.2, 0.25) is 0 Å². The smallest absolute Gasteiger partial charge is 0.190 e. The van der Waals surface area contributed by atoms with E-state index in [1.807, 2.05) is 13.0 Å². The third-order valence-corrected chi connectivity index (χ3v) is 2.21. The number of rotatable bonds is 4. The predicted molar refractivity (Wildman–Crippen MR) is 80.6 cm³/mol. The molecule has 1 aromatic rings. The fourth-order valence-electron chi connectivity index (χ4n) is 1.40. The van der Waals surface area contributed by atoms with Gasteiger partial charge in [-0.05, 0) is 25.0 Å². The van der Waals surface area contributed by atoms with Crippen molar-refractivity contribution in [2.75, 3.05) is 20.1 Å². The fourth-order valence-corrected chi connectivity index (χ4v) is 1.40. The largest absolute Gasteiger partial charge is 0.357 e. The molecular formula is C12H19FIN3. The maximum absolute atomic E-state index is 13.3. The van der Waals surface area contributed by atoms with Crippen molar-refractivity contribution in [3.05, 3.63) is 35.6 Å². The van der Waals surface area contributed by atoms with Gasteiger partial charge in [-0.15, -0.1) is 24.0 Å². The van der Waals surface area contributed by atoms with E-state index in [-0.39, 0.29) is 29.8 Å². The molecule has 0 aliphatic rings. The van der Waals surface area contributed by atoms with Crippen LogP contribution in [0.15, 0.2) is 29.3 Å². The van der Waals surface area contributed by atoms with Crippen LogP contribution in [0.4, 0.5) is 4.39 Å². The zero-order chi connectivity index (χ0) is 11.8. The van der Waals surface area contributed by atoms with E-state index in [9.17, 15) is 4.39 Å². The highest BCUT2D eigenvalue weighted by molar-refractivity contribution is 14.0. The van der Waals surface area contributed by atoms with Crippen LogP contribution in [0.25, 0.3) is 0 Å². The van der Waals surface area contributed by atoms with Crippen LogP contribution >= 0.6 is 24.0 Å². The highest BCUT2D eigenvalue weighted by Crippen LogP contribution is 2.05. The van der Waals surface area contributed by atoms with Gasteiger partial charge in [0, 0.05) is 20.1 Å². The molecule has 0 spiro atoms. The molecule has 17 heavy (non-hydrogen) atoms. The lowest BCUT2D eigenvalue weighted by molar-refractivity contribution is 0.607. The molecule has 1 rings (SSSR count). The molecule has 96 valence electrons. The van der Waals surface area contributed by atoms with Crippen LogP contribution in [-0.4, -0.2) is 26.1 Å². The number of halogens is 2. The molecule has 0 saturated carbocycles. The molecule has 0 radical (unpaired) electrons. The van der Waals surface area contributed by atoms with E-state index in [4.69, 9.17) is 0 Å². The van der Waals surface area contributed by atoms with Gasteiger partial charge in [-0.2, -0.15) is 0 Å². The fraction of sp³-hybridized carbons (Fsp3) is 0.417. The second-order valence-electron chi connectivity index (χ2n) is 3.37. The Morgan fingerprint density at radius 1 is 1.29 bits per heavy atom. The normalized spacial score (nSPS) is 10.6. The Hall–Kier alpha value is -0.850. The molecule has 3 nitrogen and oxygen atoms in total. The van der Waals surface area contributed by atoms with Gasteiger partial charge in [0.25, 0.3) is 0 Å². The molecule has 0 aliphatic carbocycles. The summed E-state index contributed by atoms with van der Waals surface area (Å²) < 4.78 is 13.3. The number of benzene rings is 1. The lowest BCUT2D eigenvalue weighted by Crippen LogP contribution is -2.38. The molecule has 5 heteroatoms. The van der Waals surface area contributed by atoms with E-state index in [2.05, 4.69) is 15.6 Å². The Morgan fingerprint density at radius 3 is 2.59 bits per heavy atom. The van der Waals surface area contributed by atoms with Crippen LogP contribution in [0.2, 0.25) is 0 Å². The zero-order valence-electron chi connectivity index (χ0n) is 10.2. The number of guanidine groups is 1. The molecule has 0 heterocycles. The summed E-state index contributed by atoms with van der Waals surface area (Å²) in [7, 11) is 1.72. The van der Waals surface area contributed by atoms with E-state index in [1.165, 1.54) is 6.07 Å². The molecule has 0 fully saturated rings. The van der Waals surface area contributed by atoms with Gasteiger partial charge in [-0.1, -0.05) is 18.2 Å². The van der Waals surface area contributed by atoms with Crippen LogP contribution < -0.4 is 10.6 Å². The van der Waals surface area contributed by atoms with Gasteiger partial charge in [0.1, 0.15) is 5.82 Å². The van der Waals surface area contributed by atoms with Crippen molar-refractivity contribution in [2.24, 2.45) is 4.99 Å². The molecule has 0 aliphatic heterocycles. The lowest BCUT2D eigenvalue weighted by atomic mass is 10.1. The second-order valence-corrected chi connectivity index (χ2v) is 3.37. The van der Waals surface area contributed by atoms with Gasteiger partial charge in [0.15, 0.2) is 5.96 Å². The van der Waals surface area contributed by atoms with Gasteiger partial charge in [0.05, 0.1) is 0 Å². The van der Waals surface area contributed by atoms with Crippen LogP contribution in [0.3, 0.4) is 0 Å². The summed E-state index contributed by atoms with van der Waals surface area (Å²) in [5.74, 6) is 0.599. The predicted octanol–water partition coefficient (Wildman–Crippen LogP) is 2.17. The summed E-state index contributed by atoms with van der Waals surface area (Å²) in [6.45, 7) is 3.49. The van der Waals surface area contributed by atoms with Crippen molar-refractivity contribution < 1.29 is 4.39 Å². The Kier molecular flexibility index (Phi) is 8.75. The first-order valence-corrected chi connectivity index (χ1v) is 5.45. The van der Waals surface area contributed by atoms with E-state index in [0.29, 0.717) is 13.0 Å². The summed E-state index contributed by atoms with van der Waals surface area (Å²) in [6, 6.07) is 6.82. The minimum Gasteiger partial charge on any atom is -0.357 e. The van der Waals surface area contributed by atoms with Crippen molar-refractivity contribution in [2.45, 2.75) is 13.3 Å². The molecule has 2 N–H and O–H groups in total. The molecule has 0 bridgehead atoms. The number of hydrogen-bond donors (Lipinski definition) is 2. The number of nitrogens with one attached hydrogen (secondary N) is 2. The molecule has 0 amide bonds. The average Bonchev–Trinajstić information content (AvgIpc) is 2.30. The summed E-state index contributed by atoms with van der Waals surface area (Å²) in [5, 5.41) is 6.20. The highest BCUT2D eigenvalue weighted by Gasteiger charge is 2.00. The second kappa shape index (κ2) is 9.21. The summed E-state index contributed by atoms with van der Waals surface area (Å²) in [5.41, 5.74) is 0.724. The first-order chi connectivity index (χ1) is 7.77. The van der Waals surface area contributed by atoms with Crippen molar-refractivity contribution in [3.63, 3.8) is 0 Å². The van der Waals surface area contributed by atoms with E-state index >= 15 is 0 Å². The molecule has 0 aromatic heterocycles. The average molecular weight is 351 g/mol. The van der Waals surface area contributed by atoms with Gasteiger partial charge >= 0.3 is 0 Å². The first kappa shape index (κ1) is 16.1. The standard InChI is InChI=1S/C12H18FN3.HI/c1-3-15-12(14-2)16-9-8-10-6-4-5-7-11(10)13;/h4-7H,3,8-9H2,1-2H3,(H2,14,15,16);1H. The molecule has 0 atom stereocenters. The summed E-state index contributed by atoms with van der Waals surface area (Å²) >= 11 is 0. The monoisotopic (exact) mass is 351 g/mol. The Labute approximate surface area is 119 Å². The maximum Gasteiger partial charge on any atom is 0.190 e. The van der Waals surface area contributed by atoms with Crippen LogP contribution in [-0.2, 0) is 6.42 Å². The van der Waals surface area contributed by atoms with E-state index < -0.39 is 0 Å². The third kappa shape index (κ3) is 5.86. The molecule has 1 aromatic carbocycles. The number of aliphatic imine (C=N–C) groups is 1.